The zero-order chi connectivity index (χ0) is 27.2. The third kappa shape index (κ3) is 7.29. The lowest BCUT2D eigenvalue weighted by molar-refractivity contribution is -0.140. The third-order valence-corrected chi connectivity index (χ3v) is 7.69. The maximum Gasteiger partial charge on any atom is 0.244 e. The van der Waals surface area contributed by atoms with Gasteiger partial charge in [-0.25, -0.2) is 8.42 Å². The van der Waals surface area contributed by atoms with Crippen LogP contribution in [0.3, 0.4) is 0 Å². The molecule has 9 nitrogen and oxygen atoms in total. The molecule has 1 N–H and O–H groups in total. The second-order valence-corrected chi connectivity index (χ2v) is 11.3. The molecule has 2 atom stereocenters. The molecule has 0 saturated heterocycles. The zero-order valence-corrected chi connectivity index (χ0v) is 23.1. The Balaban J connectivity index is 1.96. The highest BCUT2D eigenvalue weighted by Gasteiger charge is 2.32. The van der Waals surface area contributed by atoms with Gasteiger partial charge in [0.15, 0.2) is 11.5 Å². The van der Waals surface area contributed by atoms with Gasteiger partial charge in [-0.1, -0.05) is 43.6 Å². The molecule has 1 heterocycles. The second-order valence-electron chi connectivity index (χ2n) is 8.95. The lowest BCUT2D eigenvalue weighted by Gasteiger charge is -2.33. The van der Waals surface area contributed by atoms with E-state index in [1.54, 1.807) is 36.4 Å². The average Bonchev–Trinajstić information content (AvgIpc) is 2.87. The summed E-state index contributed by atoms with van der Waals surface area (Å²) in [7, 11) is -3.87. The van der Waals surface area contributed by atoms with Crippen LogP contribution in [-0.2, 0) is 26.2 Å². The summed E-state index contributed by atoms with van der Waals surface area (Å²) in [4.78, 5) is 28.4. The fraction of sp³-hybridized carbons (Fsp3) is 0.462. The van der Waals surface area contributed by atoms with Gasteiger partial charge in [0.1, 0.15) is 25.8 Å². The van der Waals surface area contributed by atoms with Gasteiger partial charge in [0.2, 0.25) is 21.8 Å². The van der Waals surface area contributed by atoms with E-state index in [1.807, 2.05) is 20.8 Å². The number of halogens is 1. The number of amides is 2. The van der Waals surface area contributed by atoms with E-state index in [0.717, 1.165) is 17.0 Å². The van der Waals surface area contributed by atoms with E-state index in [1.165, 1.54) is 11.0 Å². The summed E-state index contributed by atoms with van der Waals surface area (Å²) in [5, 5.41) is 3.39. The van der Waals surface area contributed by atoms with Crippen molar-refractivity contribution in [3.8, 4) is 11.5 Å². The highest BCUT2D eigenvalue weighted by molar-refractivity contribution is 7.92. The highest BCUT2D eigenvalue weighted by Crippen LogP contribution is 2.35. The molecule has 37 heavy (non-hydrogen) atoms. The van der Waals surface area contributed by atoms with Gasteiger partial charge < -0.3 is 19.7 Å². The Hall–Kier alpha value is -2.98. The molecule has 3 rings (SSSR count). The van der Waals surface area contributed by atoms with Gasteiger partial charge in [-0.05, 0) is 43.5 Å². The molecule has 202 valence electrons. The molecule has 1 aliphatic rings. The van der Waals surface area contributed by atoms with Crippen LogP contribution in [-0.4, -0.2) is 63.2 Å². The van der Waals surface area contributed by atoms with Crippen molar-refractivity contribution in [1.82, 2.24) is 10.2 Å². The number of carbonyl (C=O) groups is 2. The Labute approximate surface area is 223 Å². The zero-order valence-electron chi connectivity index (χ0n) is 21.6. The first-order valence-corrected chi connectivity index (χ1v) is 14.5. The van der Waals surface area contributed by atoms with Crippen LogP contribution >= 0.6 is 11.6 Å². The van der Waals surface area contributed by atoms with Gasteiger partial charge in [0.05, 0.1) is 11.9 Å². The number of rotatable bonds is 11. The monoisotopic (exact) mass is 551 g/mol. The largest absolute Gasteiger partial charge is 0.486 e. The van der Waals surface area contributed by atoms with Crippen molar-refractivity contribution in [2.45, 2.75) is 52.2 Å². The summed E-state index contributed by atoms with van der Waals surface area (Å²) in [6.07, 6.45) is 2.09. The Morgan fingerprint density at radius 1 is 1.05 bits per heavy atom. The van der Waals surface area contributed by atoms with Gasteiger partial charge in [0, 0.05) is 23.7 Å². The summed E-state index contributed by atoms with van der Waals surface area (Å²) in [5.41, 5.74) is 0.910. The van der Waals surface area contributed by atoms with E-state index < -0.39 is 28.5 Å². The van der Waals surface area contributed by atoms with Crippen LogP contribution in [0.4, 0.5) is 5.69 Å². The molecule has 0 spiro atoms. The minimum atomic E-state index is -3.87. The number of hydrogen-bond donors (Lipinski definition) is 1. The summed E-state index contributed by atoms with van der Waals surface area (Å²) in [5.74, 6) is 0.0638. The van der Waals surface area contributed by atoms with Crippen LogP contribution in [0.5, 0.6) is 11.5 Å². The lowest BCUT2D eigenvalue weighted by Crippen LogP contribution is -2.53. The van der Waals surface area contributed by atoms with Crippen LogP contribution < -0.4 is 19.1 Å². The van der Waals surface area contributed by atoms with E-state index in [0.29, 0.717) is 41.7 Å². The maximum atomic E-state index is 13.8. The molecule has 0 bridgehead atoms. The molecular formula is C26H34ClN3O6S. The second kappa shape index (κ2) is 12.5. The molecule has 0 aliphatic carbocycles. The SMILES string of the molecule is CCC(C)NC(=O)C(CC)N(Cc1ccccc1Cl)C(=O)CN(c1ccc2c(c1)OCCO2)S(C)(=O)=O. The smallest absolute Gasteiger partial charge is 0.244 e. The standard InChI is InChI=1S/C26H34ClN3O6S/c1-5-18(3)28-26(32)22(6-2)29(16-19-9-7-8-10-21(19)27)25(31)17-30(37(4,33)34)20-11-12-23-24(15-20)36-14-13-35-23/h7-12,15,18,22H,5-6,13-14,16-17H2,1-4H3,(H,28,32). The van der Waals surface area contributed by atoms with E-state index in [4.69, 9.17) is 21.1 Å². The molecule has 0 fully saturated rings. The maximum absolute atomic E-state index is 13.8. The van der Waals surface area contributed by atoms with Crippen molar-refractivity contribution in [3.05, 3.63) is 53.1 Å². The summed E-state index contributed by atoms with van der Waals surface area (Å²) in [6, 6.07) is 10.9. The molecular weight excluding hydrogens is 518 g/mol. The van der Waals surface area contributed by atoms with Crippen LogP contribution in [0.2, 0.25) is 5.02 Å². The van der Waals surface area contributed by atoms with E-state index in [9.17, 15) is 18.0 Å². The van der Waals surface area contributed by atoms with Gasteiger partial charge in [0.25, 0.3) is 0 Å². The first-order valence-electron chi connectivity index (χ1n) is 12.3. The summed E-state index contributed by atoms with van der Waals surface area (Å²) in [6.45, 7) is 5.93. The van der Waals surface area contributed by atoms with Crippen molar-refractivity contribution in [2.75, 3.05) is 30.3 Å². The van der Waals surface area contributed by atoms with Crippen LogP contribution in [0.25, 0.3) is 0 Å². The number of nitrogens with zero attached hydrogens (tertiary/aromatic N) is 2. The Morgan fingerprint density at radius 2 is 1.73 bits per heavy atom. The van der Waals surface area contributed by atoms with Crippen molar-refractivity contribution in [2.24, 2.45) is 0 Å². The van der Waals surface area contributed by atoms with Crippen molar-refractivity contribution in [1.29, 1.82) is 0 Å². The third-order valence-electron chi connectivity index (χ3n) is 6.18. The molecule has 0 saturated carbocycles. The first kappa shape index (κ1) is 28.6. The normalized spacial score (nSPS) is 14.4. The Bertz CT molecular complexity index is 1220. The van der Waals surface area contributed by atoms with E-state index in [-0.39, 0.29) is 24.2 Å². The Morgan fingerprint density at radius 3 is 2.35 bits per heavy atom. The number of nitrogens with one attached hydrogen (secondary N) is 1. The van der Waals surface area contributed by atoms with Gasteiger partial charge >= 0.3 is 0 Å². The number of carbonyl (C=O) groups excluding carboxylic acids is 2. The van der Waals surface area contributed by atoms with Gasteiger partial charge in [-0.3, -0.25) is 13.9 Å². The minimum Gasteiger partial charge on any atom is -0.486 e. The molecule has 1 aliphatic heterocycles. The molecule has 2 aromatic carbocycles. The van der Waals surface area contributed by atoms with Crippen molar-refractivity contribution < 1.29 is 27.5 Å². The Kier molecular flexibility index (Phi) is 9.67. The van der Waals surface area contributed by atoms with E-state index >= 15 is 0 Å². The average molecular weight is 552 g/mol. The number of hydrogen-bond acceptors (Lipinski definition) is 6. The quantitative estimate of drug-likeness (QED) is 0.457. The highest BCUT2D eigenvalue weighted by atomic mass is 35.5. The minimum absolute atomic E-state index is 0.0453. The fourth-order valence-electron chi connectivity index (χ4n) is 3.97. The fourth-order valence-corrected chi connectivity index (χ4v) is 5.01. The van der Waals surface area contributed by atoms with Crippen LogP contribution in [0.15, 0.2) is 42.5 Å². The molecule has 0 aromatic heterocycles. The topological polar surface area (TPSA) is 105 Å². The van der Waals surface area contributed by atoms with Gasteiger partial charge in [-0.2, -0.15) is 0 Å². The van der Waals surface area contributed by atoms with Crippen molar-refractivity contribution in [3.63, 3.8) is 0 Å². The predicted molar refractivity (Wildman–Crippen MR) is 144 cm³/mol. The number of benzene rings is 2. The van der Waals surface area contributed by atoms with Crippen LogP contribution in [0, 0.1) is 0 Å². The van der Waals surface area contributed by atoms with E-state index in [2.05, 4.69) is 5.32 Å². The predicted octanol–water partition coefficient (Wildman–Crippen LogP) is 3.60. The lowest BCUT2D eigenvalue weighted by atomic mass is 10.1. The number of ether oxygens (including phenoxy) is 2. The first-order chi connectivity index (χ1) is 17.5. The molecule has 0 radical (unpaired) electrons. The van der Waals surface area contributed by atoms with Crippen molar-refractivity contribution >= 4 is 39.1 Å². The number of sulfonamides is 1. The van der Waals surface area contributed by atoms with Gasteiger partial charge in [-0.15, -0.1) is 0 Å². The molecule has 2 aromatic rings. The summed E-state index contributed by atoms with van der Waals surface area (Å²) >= 11 is 6.38. The summed E-state index contributed by atoms with van der Waals surface area (Å²) < 4.78 is 37.8. The number of fused-ring (bicyclic) bond motifs is 1. The van der Waals surface area contributed by atoms with Crippen LogP contribution in [0.1, 0.15) is 39.2 Å². The molecule has 2 unspecified atom stereocenters. The molecule has 11 heteroatoms. The number of anilines is 1. The molecule has 2 amide bonds.